The van der Waals surface area contributed by atoms with Gasteiger partial charge in [0.05, 0.1) is 16.8 Å². The molecule has 0 saturated carbocycles. The predicted molar refractivity (Wildman–Crippen MR) is 92.5 cm³/mol. The first-order chi connectivity index (χ1) is 10.0. The van der Waals surface area contributed by atoms with Gasteiger partial charge >= 0.3 is 0 Å². The largest absolute Gasteiger partial charge is 0.367 e. The molecular formula is C17H20Cl2N2. The second kappa shape index (κ2) is 7.17. The van der Waals surface area contributed by atoms with Crippen molar-refractivity contribution >= 4 is 28.9 Å². The standard InChI is InChI=1S/C17H20Cl2N2/c1-12(14-5-3-4-6-15(14)18)21(2)17-8-7-13(9-10-20)11-16(17)19/h3-8,11-12H,9-10,20H2,1-2H3. The summed E-state index contributed by atoms with van der Waals surface area (Å²) in [6, 6.07) is 14.1. The van der Waals surface area contributed by atoms with E-state index in [1.54, 1.807) is 0 Å². The van der Waals surface area contributed by atoms with Crippen LogP contribution in [0.4, 0.5) is 5.69 Å². The molecule has 0 radical (unpaired) electrons. The lowest BCUT2D eigenvalue weighted by molar-refractivity contribution is 0.740. The first-order valence-corrected chi connectivity index (χ1v) is 7.76. The zero-order valence-corrected chi connectivity index (χ0v) is 13.8. The first kappa shape index (κ1) is 16.2. The molecule has 0 heterocycles. The van der Waals surface area contributed by atoms with Crippen LogP contribution in [0.15, 0.2) is 42.5 Å². The van der Waals surface area contributed by atoms with Gasteiger partial charge in [-0.15, -0.1) is 0 Å². The van der Waals surface area contributed by atoms with Crippen molar-refractivity contribution in [1.29, 1.82) is 0 Å². The van der Waals surface area contributed by atoms with Crippen molar-refractivity contribution in [1.82, 2.24) is 0 Å². The second-order valence-corrected chi connectivity index (χ2v) is 5.95. The van der Waals surface area contributed by atoms with Gasteiger partial charge in [0.2, 0.25) is 0 Å². The fourth-order valence-corrected chi connectivity index (χ4v) is 3.02. The Bertz CT molecular complexity index is 613. The van der Waals surface area contributed by atoms with E-state index in [9.17, 15) is 0 Å². The molecule has 0 saturated heterocycles. The second-order valence-electron chi connectivity index (χ2n) is 5.13. The summed E-state index contributed by atoms with van der Waals surface area (Å²) >= 11 is 12.7. The molecule has 112 valence electrons. The zero-order chi connectivity index (χ0) is 15.4. The Morgan fingerprint density at radius 2 is 1.81 bits per heavy atom. The number of nitrogens with zero attached hydrogens (tertiary/aromatic N) is 1. The molecule has 2 nitrogen and oxygen atoms in total. The fraction of sp³-hybridized carbons (Fsp3) is 0.294. The van der Waals surface area contributed by atoms with Crippen molar-refractivity contribution in [2.75, 3.05) is 18.5 Å². The van der Waals surface area contributed by atoms with E-state index >= 15 is 0 Å². The Kier molecular flexibility index (Phi) is 5.51. The van der Waals surface area contributed by atoms with Crippen LogP contribution in [0.2, 0.25) is 10.0 Å². The zero-order valence-electron chi connectivity index (χ0n) is 12.3. The minimum absolute atomic E-state index is 0.136. The van der Waals surface area contributed by atoms with E-state index in [0.717, 1.165) is 33.3 Å². The van der Waals surface area contributed by atoms with Crippen molar-refractivity contribution in [2.45, 2.75) is 19.4 Å². The third-order valence-corrected chi connectivity index (χ3v) is 4.41. The van der Waals surface area contributed by atoms with Crippen molar-refractivity contribution in [3.05, 3.63) is 63.6 Å². The van der Waals surface area contributed by atoms with E-state index in [1.165, 1.54) is 0 Å². The Morgan fingerprint density at radius 3 is 2.43 bits per heavy atom. The fourth-order valence-electron chi connectivity index (χ4n) is 2.39. The first-order valence-electron chi connectivity index (χ1n) is 7.00. The van der Waals surface area contributed by atoms with Gasteiger partial charge in [-0.2, -0.15) is 0 Å². The molecule has 2 rings (SSSR count). The van der Waals surface area contributed by atoms with Crippen molar-refractivity contribution < 1.29 is 0 Å². The maximum atomic E-state index is 6.42. The average molecular weight is 323 g/mol. The number of hydrogen-bond donors (Lipinski definition) is 1. The highest BCUT2D eigenvalue weighted by Crippen LogP contribution is 2.34. The summed E-state index contributed by atoms with van der Waals surface area (Å²) in [6.45, 7) is 2.74. The van der Waals surface area contributed by atoms with Gasteiger partial charge < -0.3 is 10.6 Å². The van der Waals surface area contributed by atoms with E-state index in [-0.39, 0.29) is 6.04 Å². The highest BCUT2D eigenvalue weighted by atomic mass is 35.5. The quantitative estimate of drug-likeness (QED) is 0.865. The molecule has 0 aliphatic rings. The Balaban J connectivity index is 2.27. The van der Waals surface area contributed by atoms with Gasteiger partial charge in [0.1, 0.15) is 0 Å². The van der Waals surface area contributed by atoms with Crippen LogP contribution in [0.1, 0.15) is 24.1 Å². The number of benzene rings is 2. The summed E-state index contributed by atoms with van der Waals surface area (Å²) in [5.41, 5.74) is 8.82. The third kappa shape index (κ3) is 3.70. The van der Waals surface area contributed by atoms with Crippen LogP contribution in [-0.4, -0.2) is 13.6 Å². The normalized spacial score (nSPS) is 12.2. The molecular weight excluding hydrogens is 303 g/mol. The number of hydrogen-bond acceptors (Lipinski definition) is 2. The van der Waals surface area contributed by atoms with Gasteiger partial charge in [0, 0.05) is 12.1 Å². The molecule has 21 heavy (non-hydrogen) atoms. The predicted octanol–water partition coefficient (Wildman–Crippen LogP) is 4.69. The van der Waals surface area contributed by atoms with Crippen LogP contribution in [0.25, 0.3) is 0 Å². The Morgan fingerprint density at radius 1 is 1.10 bits per heavy atom. The molecule has 2 aromatic carbocycles. The van der Waals surface area contributed by atoms with Gasteiger partial charge in [-0.3, -0.25) is 0 Å². The molecule has 1 unspecified atom stereocenters. The number of rotatable bonds is 5. The number of nitrogens with two attached hydrogens (primary N) is 1. The van der Waals surface area contributed by atoms with Crippen molar-refractivity contribution in [2.24, 2.45) is 5.73 Å². The minimum atomic E-state index is 0.136. The molecule has 0 aromatic heterocycles. The van der Waals surface area contributed by atoms with Gasteiger partial charge in [-0.25, -0.2) is 0 Å². The van der Waals surface area contributed by atoms with Gasteiger partial charge in [0.15, 0.2) is 0 Å². The molecule has 0 amide bonds. The Labute approximate surface area is 136 Å². The van der Waals surface area contributed by atoms with E-state index in [0.29, 0.717) is 6.54 Å². The van der Waals surface area contributed by atoms with Crippen LogP contribution in [0, 0.1) is 0 Å². The highest BCUT2D eigenvalue weighted by molar-refractivity contribution is 6.33. The van der Waals surface area contributed by atoms with Crippen LogP contribution in [-0.2, 0) is 6.42 Å². The molecule has 4 heteroatoms. The minimum Gasteiger partial charge on any atom is -0.367 e. The monoisotopic (exact) mass is 322 g/mol. The SMILES string of the molecule is CC(c1ccccc1Cl)N(C)c1ccc(CCN)cc1Cl. The molecule has 1 atom stereocenters. The number of halogens is 2. The molecule has 0 aliphatic heterocycles. The van der Waals surface area contributed by atoms with Crippen LogP contribution in [0.5, 0.6) is 0 Å². The van der Waals surface area contributed by atoms with Crippen LogP contribution < -0.4 is 10.6 Å². The third-order valence-electron chi connectivity index (χ3n) is 3.76. The topological polar surface area (TPSA) is 29.3 Å². The van der Waals surface area contributed by atoms with E-state index in [2.05, 4.69) is 17.9 Å². The van der Waals surface area contributed by atoms with Gasteiger partial charge in [-0.1, -0.05) is 47.5 Å². The van der Waals surface area contributed by atoms with E-state index < -0.39 is 0 Å². The molecule has 0 aliphatic carbocycles. The molecule has 0 spiro atoms. The lowest BCUT2D eigenvalue weighted by Gasteiger charge is -2.29. The lowest BCUT2D eigenvalue weighted by atomic mass is 10.1. The van der Waals surface area contributed by atoms with E-state index in [1.807, 2.05) is 43.4 Å². The summed E-state index contributed by atoms with van der Waals surface area (Å²) < 4.78 is 0. The lowest BCUT2D eigenvalue weighted by Crippen LogP contribution is -2.22. The Hall–Kier alpha value is -1.22. The average Bonchev–Trinajstić information content (AvgIpc) is 2.47. The van der Waals surface area contributed by atoms with Gasteiger partial charge in [0.25, 0.3) is 0 Å². The van der Waals surface area contributed by atoms with Crippen molar-refractivity contribution in [3.8, 4) is 0 Å². The van der Waals surface area contributed by atoms with Crippen LogP contribution >= 0.6 is 23.2 Å². The van der Waals surface area contributed by atoms with Crippen molar-refractivity contribution in [3.63, 3.8) is 0 Å². The molecule has 2 aromatic rings. The highest BCUT2D eigenvalue weighted by Gasteiger charge is 2.17. The van der Waals surface area contributed by atoms with Gasteiger partial charge in [-0.05, 0) is 49.2 Å². The summed E-state index contributed by atoms with van der Waals surface area (Å²) in [7, 11) is 2.03. The molecule has 0 bridgehead atoms. The molecule has 2 N–H and O–H groups in total. The number of anilines is 1. The maximum Gasteiger partial charge on any atom is 0.0642 e. The van der Waals surface area contributed by atoms with Crippen LogP contribution in [0.3, 0.4) is 0 Å². The summed E-state index contributed by atoms with van der Waals surface area (Å²) in [4.78, 5) is 2.13. The summed E-state index contributed by atoms with van der Waals surface area (Å²) in [5.74, 6) is 0. The van der Waals surface area contributed by atoms with E-state index in [4.69, 9.17) is 28.9 Å². The molecule has 0 fully saturated rings. The summed E-state index contributed by atoms with van der Waals surface area (Å²) in [6.07, 6.45) is 0.837. The smallest absolute Gasteiger partial charge is 0.0642 e. The summed E-state index contributed by atoms with van der Waals surface area (Å²) in [5, 5.41) is 1.51. The maximum absolute atomic E-state index is 6.42.